The van der Waals surface area contributed by atoms with Gasteiger partial charge in [0.1, 0.15) is 0 Å². The number of ether oxygens (including phenoxy) is 1. The number of rotatable bonds is 6. The summed E-state index contributed by atoms with van der Waals surface area (Å²) in [5.41, 5.74) is 1.61. The summed E-state index contributed by atoms with van der Waals surface area (Å²) >= 11 is 0. The summed E-state index contributed by atoms with van der Waals surface area (Å²) < 4.78 is 5.04. The van der Waals surface area contributed by atoms with Gasteiger partial charge in [0.15, 0.2) is 6.61 Å². The van der Waals surface area contributed by atoms with E-state index < -0.39 is 11.9 Å². The van der Waals surface area contributed by atoms with Gasteiger partial charge < -0.3 is 15.0 Å². The van der Waals surface area contributed by atoms with E-state index in [1.165, 1.54) is 0 Å². The van der Waals surface area contributed by atoms with Crippen molar-refractivity contribution in [2.24, 2.45) is 5.92 Å². The molecule has 1 aliphatic rings. The molecule has 1 heterocycles. The van der Waals surface area contributed by atoms with Crippen molar-refractivity contribution in [1.82, 2.24) is 10.2 Å². The van der Waals surface area contributed by atoms with Crippen molar-refractivity contribution in [3.05, 3.63) is 35.4 Å². The lowest BCUT2D eigenvalue weighted by Crippen LogP contribution is -2.41. The fraction of sp³-hybridized carbons (Fsp3) is 0.474. The summed E-state index contributed by atoms with van der Waals surface area (Å²) in [6, 6.07) is 9.36. The molecule has 0 aliphatic carbocycles. The Morgan fingerprint density at radius 1 is 1.27 bits per heavy atom. The molecule has 0 atom stereocenters. The van der Waals surface area contributed by atoms with Gasteiger partial charge in [0.2, 0.25) is 0 Å². The number of hydrogen-bond acceptors (Lipinski definition) is 5. The van der Waals surface area contributed by atoms with E-state index in [2.05, 4.69) is 5.32 Å². The van der Waals surface area contributed by atoms with E-state index >= 15 is 0 Å². The highest BCUT2D eigenvalue weighted by Gasteiger charge is 2.29. The van der Waals surface area contributed by atoms with Gasteiger partial charge in [0, 0.05) is 25.2 Å². The SMILES string of the molecule is Cc1ccccc1C(=O)N1CCC(C(=O)OCC(=O)NCCC#N)CC1. The number of nitrogens with one attached hydrogen (secondary N) is 1. The summed E-state index contributed by atoms with van der Waals surface area (Å²) in [6.45, 7) is 2.78. The molecule has 2 amide bonds. The number of amides is 2. The predicted octanol–water partition coefficient (Wildman–Crippen LogP) is 1.42. The maximum atomic E-state index is 12.6. The second-order valence-corrected chi connectivity index (χ2v) is 6.25. The van der Waals surface area contributed by atoms with Crippen LogP contribution in [0.15, 0.2) is 24.3 Å². The smallest absolute Gasteiger partial charge is 0.309 e. The summed E-state index contributed by atoms with van der Waals surface area (Å²) in [5, 5.41) is 10.9. The molecule has 1 aromatic carbocycles. The average molecular weight is 357 g/mol. The molecule has 0 spiro atoms. The van der Waals surface area contributed by atoms with Crippen molar-refractivity contribution in [3.8, 4) is 6.07 Å². The van der Waals surface area contributed by atoms with Crippen molar-refractivity contribution < 1.29 is 19.1 Å². The van der Waals surface area contributed by atoms with E-state index in [1.807, 2.05) is 37.3 Å². The van der Waals surface area contributed by atoms with Crippen molar-refractivity contribution in [3.63, 3.8) is 0 Å². The largest absolute Gasteiger partial charge is 0.455 e. The lowest BCUT2D eigenvalue weighted by molar-refractivity contribution is -0.153. The fourth-order valence-electron chi connectivity index (χ4n) is 2.86. The van der Waals surface area contributed by atoms with Crippen LogP contribution in [0.3, 0.4) is 0 Å². The Bertz CT molecular complexity index is 703. The van der Waals surface area contributed by atoms with E-state index in [1.54, 1.807) is 4.90 Å². The highest BCUT2D eigenvalue weighted by atomic mass is 16.5. The van der Waals surface area contributed by atoms with Crippen LogP contribution in [0.25, 0.3) is 0 Å². The molecule has 1 N–H and O–H groups in total. The zero-order valence-electron chi connectivity index (χ0n) is 14.9. The van der Waals surface area contributed by atoms with Crippen LogP contribution in [-0.4, -0.2) is 48.9 Å². The molecule has 0 radical (unpaired) electrons. The van der Waals surface area contributed by atoms with Gasteiger partial charge in [0.25, 0.3) is 11.8 Å². The molecule has 1 saturated heterocycles. The van der Waals surface area contributed by atoms with Crippen LogP contribution < -0.4 is 5.32 Å². The molecule has 26 heavy (non-hydrogen) atoms. The number of piperidine rings is 1. The minimum atomic E-state index is -0.416. The first-order chi connectivity index (χ1) is 12.5. The fourth-order valence-corrected chi connectivity index (χ4v) is 2.86. The van der Waals surface area contributed by atoms with Gasteiger partial charge in [-0.3, -0.25) is 14.4 Å². The number of benzene rings is 1. The molecule has 1 aromatic rings. The quantitative estimate of drug-likeness (QED) is 0.613. The van der Waals surface area contributed by atoms with E-state index in [0.29, 0.717) is 31.5 Å². The Morgan fingerprint density at radius 3 is 2.62 bits per heavy atom. The molecule has 2 rings (SSSR count). The van der Waals surface area contributed by atoms with Crippen LogP contribution in [0.2, 0.25) is 0 Å². The van der Waals surface area contributed by atoms with Crippen LogP contribution in [0.5, 0.6) is 0 Å². The van der Waals surface area contributed by atoms with Gasteiger partial charge in [-0.15, -0.1) is 0 Å². The third kappa shape index (κ3) is 5.31. The molecule has 1 aliphatic heterocycles. The minimum Gasteiger partial charge on any atom is -0.455 e. The van der Waals surface area contributed by atoms with E-state index in [0.717, 1.165) is 5.56 Å². The normalized spacial score (nSPS) is 14.4. The van der Waals surface area contributed by atoms with Gasteiger partial charge in [-0.1, -0.05) is 18.2 Å². The van der Waals surface area contributed by atoms with Crippen LogP contribution in [0.1, 0.15) is 35.2 Å². The monoisotopic (exact) mass is 357 g/mol. The standard InChI is InChI=1S/C19H23N3O4/c1-14-5-2-3-6-16(14)18(24)22-11-7-15(8-12-22)19(25)26-13-17(23)21-10-4-9-20/h2-3,5-6,15H,4,7-8,10-13H2,1H3,(H,21,23). The van der Waals surface area contributed by atoms with Crippen LogP contribution in [-0.2, 0) is 14.3 Å². The van der Waals surface area contributed by atoms with Crippen molar-refractivity contribution >= 4 is 17.8 Å². The van der Waals surface area contributed by atoms with Crippen LogP contribution >= 0.6 is 0 Å². The summed E-state index contributed by atoms with van der Waals surface area (Å²) in [6.07, 6.45) is 1.26. The lowest BCUT2D eigenvalue weighted by atomic mass is 9.96. The number of hydrogen-bond donors (Lipinski definition) is 1. The number of nitriles is 1. The van der Waals surface area contributed by atoms with Gasteiger partial charge in [-0.2, -0.15) is 5.26 Å². The number of aryl methyl sites for hydroxylation is 1. The molecule has 0 saturated carbocycles. The first-order valence-corrected chi connectivity index (χ1v) is 8.68. The van der Waals surface area contributed by atoms with Gasteiger partial charge in [-0.25, -0.2) is 0 Å². The molecule has 0 unspecified atom stereocenters. The molecule has 1 fully saturated rings. The summed E-state index contributed by atoms with van der Waals surface area (Å²) in [5.74, 6) is -1.15. The number of carbonyl (C=O) groups is 3. The van der Waals surface area contributed by atoms with E-state index in [4.69, 9.17) is 10.00 Å². The molecule has 7 nitrogen and oxygen atoms in total. The zero-order chi connectivity index (χ0) is 18.9. The Balaban J connectivity index is 1.76. The molecular weight excluding hydrogens is 334 g/mol. The van der Waals surface area contributed by atoms with Crippen molar-refractivity contribution in [2.75, 3.05) is 26.2 Å². The van der Waals surface area contributed by atoms with Gasteiger partial charge >= 0.3 is 5.97 Å². The van der Waals surface area contributed by atoms with Crippen molar-refractivity contribution in [1.29, 1.82) is 5.26 Å². The number of carbonyl (C=O) groups excluding carboxylic acids is 3. The van der Waals surface area contributed by atoms with Gasteiger partial charge in [0.05, 0.1) is 18.4 Å². The average Bonchev–Trinajstić information content (AvgIpc) is 2.66. The maximum absolute atomic E-state index is 12.6. The maximum Gasteiger partial charge on any atom is 0.309 e. The van der Waals surface area contributed by atoms with Crippen molar-refractivity contribution in [2.45, 2.75) is 26.2 Å². The molecule has 0 bridgehead atoms. The highest BCUT2D eigenvalue weighted by Crippen LogP contribution is 2.21. The second-order valence-electron chi connectivity index (χ2n) is 6.25. The molecule has 0 aromatic heterocycles. The molecule has 7 heteroatoms. The zero-order valence-corrected chi connectivity index (χ0v) is 14.9. The third-order valence-electron chi connectivity index (χ3n) is 4.40. The Labute approximate surface area is 152 Å². The van der Waals surface area contributed by atoms with Crippen LogP contribution in [0.4, 0.5) is 0 Å². The van der Waals surface area contributed by atoms with E-state index in [-0.39, 0.29) is 31.4 Å². The highest BCUT2D eigenvalue weighted by molar-refractivity contribution is 5.95. The molecule has 138 valence electrons. The second kappa shape index (κ2) is 9.56. The Hall–Kier alpha value is -2.88. The third-order valence-corrected chi connectivity index (χ3v) is 4.40. The minimum absolute atomic E-state index is 0.0215. The first-order valence-electron chi connectivity index (χ1n) is 8.68. The Morgan fingerprint density at radius 2 is 1.96 bits per heavy atom. The summed E-state index contributed by atoms with van der Waals surface area (Å²) in [4.78, 5) is 37.9. The topological polar surface area (TPSA) is 99.5 Å². The number of likely N-dealkylation sites (tertiary alicyclic amines) is 1. The predicted molar refractivity (Wildman–Crippen MR) is 94.0 cm³/mol. The number of esters is 1. The number of nitrogens with zero attached hydrogens (tertiary/aromatic N) is 2. The lowest BCUT2D eigenvalue weighted by Gasteiger charge is -2.31. The van der Waals surface area contributed by atoms with E-state index in [9.17, 15) is 14.4 Å². The summed E-state index contributed by atoms with van der Waals surface area (Å²) in [7, 11) is 0. The first kappa shape index (κ1) is 19.4. The molecular formula is C19H23N3O4. The van der Waals surface area contributed by atoms with Crippen LogP contribution in [0, 0.1) is 24.2 Å². The van der Waals surface area contributed by atoms with Gasteiger partial charge in [-0.05, 0) is 31.4 Å². The Kier molecular flexibility index (Phi) is 7.15.